The van der Waals surface area contributed by atoms with Crippen molar-refractivity contribution in [3.63, 3.8) is 0 Å². The van der Waals surface area contributed by atoms with Gasteiger partial charge in [-0.3, -0.25) is 0 Å². The van der Waals surface area contributed by atoms with Crippen LogP contribution >= 0.6 is 0 Å². The summed E-state index contributed by atoms with van der Waals surface area (Å²) >= 11 is 0. The van der Waals surface area contributed by atoms with E-state index in [-0.39, 0.29) is 5.41 Å². The molecule has 2 rings (SSSR count). The van der Waals surface area contributed by atoms with E-state index in [1.165, 1.54) is 0 Å². The Balaban J connectivity index is 1.99. The quantitative estimate of drug-likeness (QED) is 0.824. The fraction of sp³-hybridized carbons (Fsp3) is 0.583. The second-order valence-electron chi connectivity index (χ2n) is 4.69. The summed E-state index contributed by atoms with van der Waals surface area (Å²) < 4.78 is 5.41. The summed E-state index contributed by atoms with van der Waals surface area (Å²) in [6, 6.07) is 6.37. The van der Waals surface area contributed by atoms with Crippen molar-refractivity contribution in [3.05, 3.63) is 24.4 Å². The Morgan fingerprint density at radius 3 is 2.80 bits per heavy atom. The molecule has 1 fully saturated rings. The standard InChI is InChI=1S/C12H18N2O/c1-12(2)9(8-10(12)15-3)14-11-6-4-5-7-13-11/h4-7,9-10H,8H2,1-3H3,(H,13,14). The molecule has 1 N–H and O–H groups in total. The third kappa shape index (κ3) is 1.84. The minimum absolute atomic E-state index is 0.187. The van der Waals surface area contributed by atoms with E-state index in [9.17, 15) is 0 Å². The Kier molecular flexibility index (Phi) is 2.65. The third-order valence-corrected chi connectivity index (χ3v) is 3.45. The van der Waals surface area contributed by atoms with E-state index >= 15 is 0 Å². The summed E-state index contributed by atoms with van der Waals surface area (Å²) in [7, 11) is 1.78. The SMILES string of the molecule is COC1CC(Nc2ccccn2)C1(C)C. The highest BCUT2D eigenvalue weighted by Gasteiger charge is 2.48. The van der Waals surface area contributed by atoms with Crippen LogP contribution in [0.5, 0.6) is 0 Å². The predicted octanol–water partition coefficient (Wildman–Crippen LogP) is 2.31. The predicted molar refractivity (Wildman–Crippen MR) is 60.8 cm³/mol. The van der Waals surface area contributed by atoms with Gasteiger partial charge in [-0.2, -0.15) is 0 Å². The van der Waals surface area contributed by atoms with Crippen molar-refractivity contribution < 1.29 is 4.74 Å². The first-order valence-electron chi connectivity index (χ1n) is 5.35. The second-order valence-corrected chi connectivity index (χ2v) is 4.69. The molecule has 15 heavy (non-hydrogen) atoms. The molecule has 0 amide bonds. The number of hydrogen-bond donors (Lipinski definition) is 1. The zero-order chi connectivity index (χ0) is 10.9. The number of methoxy groups -OCH3 is 1. The minimum Gasteiger partial charge on any atom is -0.381 e. The Labute approximate surface area is 90.9 Å². The third-order valence-electron chi connectivity index (χ3n) is 3.45. The van der Waals surface area contributed by atoms with Gasteiger partial charge in [0.05, 0.1) is 6.10 Å². The van der Waals surface area contributed by atoms with E-state index in [1.807, 2.05) is 24.4 Å². The maximum absolute atomic E-state index is 5.41. The first-order chi connectivity index (χ1) is 7.14. The maximum atomic E-state index is 5.41. The number of hydrogen-bond acceptors (Lipinski definition) is 3. The molecule has 1 aromatic heterocycles. The van der Waals surface area contributed by atoms with Gasteiger partial charge in [-0.05, 0) is 18.6 Å². The molecular formula is C12H18N2O. The molecule has 0 spiro atoms. The van der Waals surface area contributed by atoms with Crippen molar-refractivity contribution in [2.24, 2.45) is 5.41 Å². The first-order valence-corrected chi connectivity index (χ1v) is 5.35. The monoisotopic (exact) mass is 206 g/mol. The lowest BCUT2D eigenvalue weighted by atomic mass is 9.64. The van der Waals surface area contributed by atoms with Crippen LogP contribution in [0.15, 0.2) is 24.4 Å². The summed E-state index contributed by atoms with van der Waals surface area (Å²) in [6.45, 7) is 4.45. The largest absolute Gasteiger partial charge is 0.381 e. The van der Waals surface area contributed by atoms with Gasteiger partial charge in [0.2, 0.25) is 0 Å². The number of rotatable bonds is 3. The lowest BCUT2D eigenvalue weighted by molar-refractivity contribution is -0.0795. The second kappa shape index (κ2) is 3.81. The number of ether oxygens (including phenoxy) is 1. The van der Waals surface area contributed by atoms with Crippen LogP contribution in [-0.4, -0.2) is 24.2 Å². The molecule has 82 valence electrons. The summed E-state index contributed by atoms with van der Waals surface area (Å²) in [5.74, 6) is 0.949. The van der Waals surface area contributed by atoms with Gasteiger partial charge >= 0.3 is 0 Å². The van der Waals surface area contributed by atoms with Gasteiger partial charge in [-0.15, -0.1) is 0 Å². The van der Waals surface area contributed by atoms with E-state index in [0.717, 1.165) is 12.2 Å². The highest BCUT2D eigenvalue weighted by Crippen LogP contribution is 2.43. The average Bonchev–Trinajstić information content (AvgIpc) is 2.25. The van der Waals surface area contributed by atoms with E-state index in [1.54, 1.807) is 7.11 Å². The van der Waals surface area contributed by atoms with Crippen molar-refractivity contribution in [2.45, 2.75) is 32.4 Å². The van der Waals surface area contributed by atoms with Crippen LogP contribution in [-0.2, 0) is 4.74 Å². The van der Waals surface area contributed by atoms with Crippen LogP contribution < -0.4 is 5.32 Å². The maximum Gasteiger partial charge on any atom is 0.126 e. The Morgan fingerprint density at radius 2 is 2.27 bits per heavy atom. The van der Waals surface area contributed by atoms with Crippen molar-refractivity contribution in [2.75, 3.05) is 12.4 Å². The Morgan fingerprint density at radius 1 is 1.47 bits per heavy atom. The van der Waals surface area contributed by atoms with Crippen molar-refractivity contribution in [3.8, 4) is 0 Å². The minimum atomic E-state index is 0.187. The van der Waals surface area contributed by atoms with E-state index in [2.05, 4.69) is 24.1 Å². The lowest BCUT2D eigenvalue weighted by Crippen LogP contribution is -2.57. The van der Waals surface area contributed by atoms with Gasteiger partial charge in [-0.1, -0.05) is 19.9 Å². The molecule has 0 aliphatic heterocycles. The lowest BCUT2D eigenvalue weighted by Gasteiger charge is -2.51. The highest BCUT2D eigenvalue weighted by molar-refractivity contribution is 5.36. The molecule has 1 saturated carbocycles. The van der Waals surface area contributed by atoms with Gasteiger partial charge < -0.3 is 10.1 Å². The van der Waals surface area contributed by atoms with Gasteiger partial charge in [0, 0.05) is 24.8 Å². The normalized spacial score (nSPS) is 28.2. The number of pyridine rings is 1. The molecule has 3 nitrogen and oxygen atoms in total. The van der Waals surface area contributed by atoms with Gasteiger partial charge in [-0.25, -0.2) is 4.98 Å². The van der Waals surface area contributed by atoms with Crippen molar-refractivity contribution >= 4 is 5.82 Å². The molecule has 1 aliphatic rings. The number of anilines is 1. The van der Waals surface area contributed by atoms with E-state index < -0.39 is 0 Å². The Hall–Kier alpha value is -1.09. The van der Waals surface area contributed by atoms with Crippen LogP contribution in [0, 0.1) is 5.41 Å². The van der Waals surface area contributed by atoms with Crippen LogP contribution in [0.3, 0.4) is 0 Å². The molecule has 0 aromatic carbocycles. The van der Waals surface area contributed by atoms with Crippen LogP contribution in [0.2, 0.25) is 0 Å². The van der Waals surface area contributed by atoms with Crippen LogP contribution in [0.25, 0.3) is 0 Å². The molecule has 3 heteroatoms. The Bertz CT molecular complexity index is 324. The molecular weight excluding hydrogens is 188 g/mol. The summed E-state index contributed by atoms with van der Waals surface area (Å²) in [5, 5.41) is 3.44. The van der Waals surface area contributed by atoms with E-state index in [4.69, 9.17) is 4.74 Å². The fourth-order valence-corrected chi connectivity index (χ4v) is 2.16. The summed E-state index contributed by atoms with van der Waals surface area (Å²) in [6.07, 6.45) is 3.22. The zero-order valence-electron chi connectivity index (χ0n) is 9.53. The molecule has 2 unspecified atom stereocenters. The molecule has 1 aromatic rings. The smallest absolute Gasteiger partial charge is 0.126 e. The average molecular weight is 206 g/mol. The zero-order valence-corrected chi connectivity index (χ0v) is 9.53. The van der Waals surface area contributed by atoms with Gasteiger partial charge in [0.1, 0.15) is 5.82 Å². The highest BCUT2D eigenvalue weighted by atomic mass is 16.5. The fourth-order valence-electron chi connectivity index (χ4n) is 2.16. The van der Waals surface area contributed by atoms with E-state index in [0.29, 0.717) is 12.1 Å². The molecule has 1 aliphatic carbocycles. The van der Waals surface area contributed by atoms with Crippen molar-refractivity contribution in [1.82, 2.24) is 4.98 Å². The summed E-state index contributed by atoms with van der Waals surface area (Å²) in [4.78, 5) is 4.27. The topological polar surface area (TPSA) is 34.1 Å². The van der Waals surface area contributed by atoms with Gasteiger partial charge in [0.15, 0.2) is 0 Å². The summed E-state index contributed by atoms with van der Waals surface area (Å²) in [5.41, 5.74) is 0.187. The molecule has 2 atom stereocenters. The molecule has 0 saturated heterocycles. The molecule has 0 radical (unpaired) electrons. The number of aromatic nitrogens is 1. The van der Waals surface area contributed by atoms with Crippen LogP contribution in [0.1, 0.15) is 20.3 Å². The molecule has 0 bridgehead atoms. The van der Waals surface area contributed by atoms with Gasteiger partial charge in [0.25, 0.3) is 0 Å². The number of nitrogens with one attached hydrogen (secondary N) is 1. The van der Waals surface area contributed by atoms with Crippen LogP contribution in [0.4, 0.5) is 5.82 Å². The first kappa shape index (κ1) is 10.4. The molecule has 1 heterocycles. The van der Waals surface area contributed by atoms with Crippen molar-refractivity contribution in [1.29, 1.82) is 0 Å². The number of nitrogens with zero attached hydrogens (tertiary/aromatic N) is 1.